The highest BCUT2D eigenvalue weighted by Gasteiger charge is 2.07. The van der Waals surface area contributed by atoms with Crippen molar-refractivity contribution in [1.82, 2.24) is 20.2 Å². The Hall–Kier alpha value is -3.02. The van der Waals surface area contributed by atoms with Gasteiger partial charge in [0.2, 0.25) is 11.7 Å². The molecule has 3 rings (SSSR count). The van der Waals surface area contributed by atoms with Crippen LogP contribution in [-0.4, -0.2) is 26.1 Å². The fourth-order valence-electron chi connectivity index (χ4n) is 2.02. The first-order chi connectivity index (χ1) is 10.6. The van der Waals surface area contributed by atoms with Crippen molar-refractivity contribution >= 4 is 11.6 Å². The minimum absolute atomic E-state index is 0.103. The van der Waals surface area contributed by atoms with Crippen molar-refractivity contribution < 1.29 is 4.79 Å². The summed E-state index contributed by atoms with van der Waals surface area (Å²) in [5.41, 5.74) is 3.62. The molecule has 2 aromatic carbocycles. The van der Waals surface area contributed by atoms with Crippen LogP contribution in [0.3, 0.4) is 0 Å². The number of tetrazole rings is 1. The third-order valence-corrected chi connectivity index (χ3v) is 3.14. The minimum atomic E-state index is -0.103. The van der Waals surface area contributed by atoms with Gasteiger partial charge in [-0.25, -0.2) is 0 Å². The summed E-state index contributed by atoms with van der Waals surface area (Å²) in [4.78, 5) is 12.5. The third-order valence-electron chi connectivity index (χ3n) is 3.14. The van der Waals surface area contributed by atoms with Crippen molar-refractivity contribution in [2.75, 3.05) is 5.32 Å². The van der Waals surface area contributed by atoms with Crippen LogP contribution in [0.4, 0.5) is 5.69 Å². The Labute approximate surface area is 127 Å². The van der Waals surface area contributed by atoms with E-state index in [-0.39, 0.29) is 5.91 Å². The van der Waals surface area contributed by atoms with Crippen LogP contribution >= 0.6 is 0 Å². The van der Waals surface area contributed by atoms with Crippen molar-refractivity contribution in [1.29, 1.82) is 0 Å². The molecule has 0 spiro atoms. The average molecular weight is 293 g/mol. The Bertz CT molecular complexity index is 790. The SMILES string of the molecule is CC(=O)Nc1ccc(-n2nnc(-c3ccc(C)cc3)n2)cc1. The first-order valence-corrected chi connectivity index (χ1v) is 6.87. The maximum absolute atomic E-state index is 11.0. The number of benzene rings is 2. The Kier molecular flexibility index (Phi) is 3.65. The fourth-order valence-corrected chi connectivity index (χ4v) is 2.02. The number of aryl methyl sites for hydroxylation is 1. The van der Waals surface area contributed by atoms with Crippen LogP contribution in [-0.2, 0) is 4.79 Å². The highest BCUT2D eigenvalue weighted by Crippen LogP contribution is 2.16. The average Bonchev–Trinajstić information content (AvgIpc) is 2.98. The largest absolute Gasteiger partial charge is 0.326 e. The van der Waals surface area contributed by atoms with E-state index in [0.717, 1.165) is 16.9 Å². The molecule has 22 heavy (non-hydrogen) atoms. The van der Waals surface area contributed by atoms with E-state index in [2.05, 4.69) is 20.7 Å². The molecule has 110 valence electrons. The second kappa shape index (κ2) is 5.77. The maximum atomic E-state index is 11.0. The lowest BCUT2D eigenvalue weighted by Crippen LogP contribution is -2.06. The Morgan fingerprint density at radius 2 is 1.73 bits per heavy atom. The summed E-state index contributed by atoms with van der Waals surface area (Å²) < 4.78 is 0. The summed E-state index contributed by atoms with van der Waals surface area (Å²) in [6, 6.07) is 15.2. The summed E-state index contributed by atoms with van der Waals surface area (Å²) in [6.45, 7) is 3.51. The van der Waals surface area contributed by atoms with E-state index in [0.29, 0.717) is 5.82 Å². The molecule has 0 saturated carbocycles. The number of hydrogen-bond acceptors (Lipinski definition) is 4. The van der Waals surface area contributed by atoms with Gasteiger partial charge in [-0.1, -0.05) is 29.8 Å². The van der Waals surface area contributed by atoms with Crippen LogP contribution in [0, 0.1) is 6.92 Å². The van der Waals surface area contributed by atoms with Gasteiger partial charge in [0.15, 0.2) is 0 Å². The van der Waals surface area contributed by atoms with Crippen molar-refractivity contribution in [3.8, 4) is 17.1 Å². The zero-order chi connectivity index (χ0) is 15.5. The molecule has 0 atom stereocenters. The predicted molar refractivity (Wildman–Crippen MR) is 83.6 cm³/mol. The van der Waals surface area contributed by atoms with E-state index in [4.69, 9.17) is 0 Å². The number of aromatic nitrogens is 4. The number of anilines is 1. The molecular formula is C16H15N5O. The highest BCUT2D eigenvalue weighted by molar-refractivity contribution is 5.88. The van der Waals surface area contributed by atoms with E-state index in [1.165, 1.54) is 17.3 Å². The van der Waals surface area contributed by atoms with Gasteiger partial charge in [0.25, 0.3) is 0 Å². The summed E-state index contributed by atoms with van der Waals surface area (Å²) in [6.07, 6.45) is 0. The van der Waals surface area contributed by atoms with Crippen LogP contribution in [0.15, 0.2) is 48.5 Å². The molecule has 0 radical (unpaired) electrons. The van der Waals surface area contributed by atoms with Crippen LogP contribution in [0.2, 0.25) is 0 Å². The van der Waals surface area contributed by atoms with Crippen LogP contribution < -0.4 is 5.32 Å². The number of amides is 1. The van der Waals surface area contributed by atoms with E-state index in [9.17, 15) is 4.79 Å². The van der Waals surface area contributed by atoms with Crippen LogP contribution in [0.25, 0.3) is 17.1 Å². The molecule has 6 nitrogen and oxygen atoms in total. The first kappa shape index (κ1) is 13.9. The van der Waals surface area contributed by atoms with Crippen LogP contribution in [0.5, 0.6) is 0 Å². The monoisotopic (exact) mass is 293 g/mol. The second-order valence-corrected chi connectivity index (χ2v) is 5.00. The first-order valence-electron chi connectivity index (χ1n) is 6.87. The lowest BCUT2D eigenvalue weighted by atomic mass is 10.1. The molecule has 1 amide bonds. The van der Waals surface area contributed by atoms with Gasteiger partial charge in [0.1, 0.15) is 0 Å². The summed E-state index contributed by atoms with van der Waals surface area (Å²) in [7, 11) is 0. The summed E-state index contributed by atoms with van der Waals surface area (Å²) >= 11 is 0. The van der Waals surface area contributed by atoms with Crippen LogP contribution in [0.1, 0.15) is 12.5 Å². The number of carbonyl (C=O) groups is 1. The lowest BCUT2D eigenvalue weighted by Gasteiger charge is -2.03. The smallest absolute Gasteiger partial charge is 0.221 e. The van der Waals surface area contributed by atoms with Crippen molar-refractivity contribution in [2.45, 2.75) is 13.8 Å². The summed E-state index contributed by atoms with van der Waals surface area (Å²) in [5, 5.41) is 15.2. The number of rotatable bonds is 3. The molecular weight excluding hydrogens is 278 g/mol. The van der Waals surface area contributed by atoms with Gasteiger partial charge >= 0.3 is 0 Å². The summed E-state index contributed by atoms with van der Waals surface area (Å²) in [5.74, 6) is 0.472. The van der Waals surface area contributed by atoms with Crippen molar-refractivity contribution in [3.05, 3.63) is 54.1 Å². The van der Waals surface area contributed by atoms with Crippen molar-refractivity contribution in [2.24, 2.45) is 0 Å². The predicted octanol–water partition coefficient (Wildman–Crippen LogP) is 2.60. The van der Waals surface area contributed by atoms with E-state index < -0.39 is 0 Å². The Morgan fingerprint density at radius 3 is 2.36 bits per heavy atom. The molecule has 0 aliphatic rings. The van der Waals surface area contributed by atoms with Gasteiger partial charge < -0.3 is 5.32 Å². The molecule has 1 heterocycles. The maximum Gasteiger partial charge on any atom is 0.221 e. The van der Waals surface area contributed by atoms with Gasteiger partial charge in [0.05, 0.1) is 5.69 Å². The van der Waals surface area contributed by atoms with Crippen molar-refractivity contribution in [3.63, 3.8) is 0 Å². The molecule has 3 aromatic rings. The van der Waals surface area contributed by atoms with E-state index >= 15 is 0 Å². The van der Waals surface area contributed by atoms with Gasteiger partial charge in [-0.2, -0.15) is 0 Å². The normalized spacial score (nSPS) is 10.5. The minimum Gasteiger partial charge on any atom is -0.326 e. The van der Waals surface area contributed by atoms with Gasteiger partial charge in [-0.05, 0) is 36.4 Å². The molecule has 0 unspecified atom stereocenters. The molecule has 1 aromatic heterocycles. The number of hydrogen-bond donors (Lipinski definition) is 1. The number of carbonyl (C=O) groups excluding carboxylic acids is 1. The van der Waals surface area contributed by atoms with E-state index in [1.54, 1.807) is 12.1 Å². The number of nitrogens with one attached hydrogen (secondary N) is 1. The standard InChI is InChI=1S/C16H15N5O/c1-11-3-5-13(6-4-11)16-18-20-21(19-16)15-9-7-14(8-10-15)17-12(2)22/h3-10H,1-2H3,(H,17,22). The Balaban J connectivity index is 1.84. The lowest BCUT2D eigenvalue weighted by molar-refractivity contribution is -0.114. The quantitative estimate of drug-likeness (QED) is 0.805. The second-order valence-electron chi connectivity index (χ2n) is 5.00. The fraction of sp³-hybridized carbons (Fsp3) is 0.125. The highest BCUT2D eigenvalue weighted by atomic mass is 16.1. The molecule has 1 N–H and O–H groups in total. The molecule has 6 heteroatoms. The third kappa shape index (κ3) is 3.01. The zero-order valence-corrected chi connectivity index (χ0v) is 12.3. The molecule has 0 aliphatic carbocycles. The molecule has 0 fully saturated rings. The molecule has 0 aliphatic heterocycles. The van der Waals surface area contributed by atoms with Gasteiger partial charge in [0, 0.05) is 18.2 Å². The Morgan fingerprint density at radius 1 is 1.05 bits per heavy atom. The van der Waals surface area contributed by atoms with E-state index in [1.807, 2.05) is 43.3 Å². The molecule has 0 saturated heterocycles. The molecule has 0 bridgehead atoms. The van der Waals surface area contributed by atoms with Gasteiger partial charge in [-0.3, -0.25) is 4.79 Å². The van der Waals surface area contributed by atoms with Gasteiger partial charge in [-0.15, -0.1) is 15.0 Å². The zero-order valence-electron chi connectivity index (χ0n) is 12.3. The number of nitrogens with zero attached hydrogens (tertiary/aromatic N) is 4. The topological polar surface area (TPSA) is 72.7 Å².